The van der Waals surface area contributed by atoms with E-state index in [1.54, 1.807) is 0 Å². The van der Waals surface area contributed by atoms with Crippen molar-refractivity contribution in [2.24, 2.45) is 0 Å². The van der Waals surface area contributed by atoms with Gasteiger partial charge in [0.2, 0.25) is 5.91 Å². The molecule has 0 spiro atoms. The molecule has 0 aromatic heterocycles. The number of nitrogens with one attached hydrogen (secondary N) is 1. The van der Waals surface area contributed by atoms with Crippen molar-refractivity contribution in [1.82, 2.24) is 0 Å². The number of aromatic carboxylic acids is 1. The van der Waals surface area contributed by atoms with E-state index in [1.807, 2.05) is 24.3 Å². The van der Waals surface area contributed by atoms with Crippen molar-refractivity contribution < 1.29 is 14.7 Å². The van der Waals surface area contributed by atoms with E-state index in [0.717, 1.165) is 11.1 Å². The third-order valence-corrected chi connectivity index (χ3v) is 3.97. The first-order valence-electron chi connectivity index (χ1n) is 7.01. The summed E-state index contributed by atoms with van der Waals surface area (Å²) in [5, 5.41) is 12.1. The first-order valence-corrected chi connectivity index (χ1v) is 8.02. The molecule has 23 heavy (non-hydrogen) atoms. The van der Waals surface area contributed by atoms with Gasteiger partial charge in [0.25, 0.3) is 0 Å². The van der Waals surface area contributed by atoms with Gasteiger partial charge in [0.1, 0.15) is 0 Å². The highest BCUT2D eigenvalue weighted by molar-refractivity contribution is 7.79. The second kappa shape index (κ2) is 8.04. The Labute approximate surface area is 144 Å². The summed E-state index contributed by atoms with van der Waals surface area (Å²) in [5.41, 5.74) is 2.36. The number of carboxylic acids is 1. The summed E-state index contributed by atoms with van der Waals surface area (Å²) in [6, 6.07) is 12.1. The molecule has 1 amide bonds. The summed E-state index contributed by atoms with van der Waals surface area (Å²) in [6.07, 6.45) is 0.807. The Morgan fingerprint density at radius 1 is 1.13 bits per heavy atom. The minimum Gasteiger partial charge on any atom is -0.478 e. The third-order valence-electron chi connectivity index (χ3n) is 3.40. The Kier molecular flexibility index (Phi) is 6.07. The summed E-state index contributed by atoms with van der Waals surface area (Å²) in [7, 11) is 0. The van der Waals surface area contributed by atoms with E-state index in [0.29, 0.717) is 17.2 Å². The van der Waals surface area contributed by atoms with Crippen molar-refractivity contribution in [3.05, 3.63) is 64.2 Å². The van der Waals surface area contributed by atoms with E-state index >= 15 is 0 Å². The Hall–Kier alpha value is -1.98. The number of carboxylic acid groups (broad SMARTS) is 1. The summed E-state index contributed by atoms with van der Waals surface area (Å²) in [5.74, 6) is -0.768. The maximum atomic E-state index is 12.1. The molecule has 0 unspecified atom stereocenters. The van der Waals surface area contributed by atoms with E-state index in [-0.39, 0.29) is 23.6 Å². The molecular formula is C17H16ClNO3S. The van der Waals surface area contributed by atoms with Crippen LogP contribution < -0.4 is 5.32 Å². The van der Waals surface area contributed by atoms with Gasteiger partial charge in [0.15, 0.2) is 0 Å². The first kappa shape index (κ1) is 17.4. The zero-order chi connectivity index (χ0) is 16.8. The Morgan fingerprint density at radius 3 is 2.48 bits per heavy atom. The third kappa shape index (κ3) is 4.74. The van der Waals surface area contributed by atoms with Gasteiger partial charge >= 0.3 is 5.97 Å². The number of hydrogen-bond donors (Lipinski definition) is 3. The molecule has 0 radical (unpaired) electrons. The Bertz CT molecular complexity index is 734. The van der Waals surface area contributed by atoms with E-state index in [2.05, 4.69) is 17.9 Å². The number of aryl methyl sites for hydroxylation is 1. The topological polar surface area (TPSA) is 66.4 Å². The highest BCUT2D eigenvalue weighted by atomic mass is 35.5. The van der Waals surface area contributed by atoms with E-state index in [1.165, 1.54) is 18.2 Å². The van der Waals surface area contributed by atoms with Gasteiger partial charge in [-0.05, 0) is 35.7 Å². The second-order valence-electron chi connectivity index (χ2n) is 4.97. The van der Waals surface area contributed by atoms with E-state index in [4.69, 9.17) is 16.7 Å². The average molecular weight is 350 g/mol. The van der Waals surface area contributed by atoms with Crippen LogP contribution in [0.2, 0.25) is 5.02 Å². The summed E-state index contributed by atoms with van der Waals surface area (Å²) < 4.78 is 0. The molecule has 2 aromatic carbocycles. The maximum Gasteiger partial charge on any atom is 0.337 e. The van der Waals surface area contributed by atoms with Crippen molar-refractivity contribution in [2.45, 2.75) is 18.6 Å². The van der Waals surface area contributed by atoms with Gasteiger partial charge < -0.3 is 10.4 Å². The number of amides is 1. The lowest BCUT2D eigenvalue weighted by Crippen LogP contribution is -2.15. The number of halogens is 1. The molecule has 0 bridgehead atoms. The molecule has 2 aromatic rings. The van der Waals surface area contributed by atoms with Gasteiger partial charge in [-0.1, -0.05) is 35.9 Å². The van der Waals surface area contributed by atoms with Crippen LogP contribution >= 0.6 is 24.2 Å². The molecule has 120 valence electrons. The van der Waals surface area contributed by atoms with Gasteiger partial charge in [0.05, 0.1) is 11.3 Å². The maximum absolute atomic E-state index is 12.1. The fourth-order valence-corrected chi connectivity index (χ4v) is 2.70. The van der Waals surface area contributed by atoms with Crippen LogP contribution in [0.4, 0.5) is 5.69 Å². The highest BCUT2D eigenvalue weighted by Crippen LogP contribution is 2.22. The number of rotatable bonds is 6. The van der Waals surface area contributed by atoms with Crippen LogP contribution in [0.1, 0.15) is 27.9 Å². The van der Waals surface area contributed by atoms with Crippen LogP contribution in [-0.4, -0.2) is 17.0 Å². The van der Waals surface area contributed by atoms with Crippen LogP contribution in [0.15, 0.2) is 42.5 Å². The quantitative estimate of drug-likeness (QED) is 0.689. The van der Waals surface area contributed by atoms with Crippen molar-refractivity contribution in [3.8, 4) is 0 Å². The van der Waals surface area contributed by atoms with Crippen LogP contribution in [-0.2, 0) is 17.0 Å². The Balaban J connectivity index is 2.05. The van der Waals surface area contributed by atoms with E-state index < -0.39 is 5.97 Å². The van der Waals surface area contributed by atoms with Gasteiger partial charge in [-0.15, -0.1) is 0 Å². The smallest absolute Gasteiger partial charge is 0.337 e. The van der Waals surface area contributed by atoms with Crippen LogP contribution in [0, 0.1) is 0 Å². The SMILES string of the molecule is O=C(CCc1ccccc1CS)Nc1cc(Cl)ccc1C(=O)O. The molecule has 0 saturated carbocycles. The number of hydrogen-bond acceptors (Lipinski definition) is 3. The molecule has 2 rings (SSSR count). The van der Waals surface area contributed by atoms with Crippen LogP contribution in [0.25, 0.3) is 0 Å². The van der Waals surface area contributed by atoms with Gasteiger partial charge in [-0.3, -0.25) is 4.79 Å². The molecule has 0 aliphatic rings. The first-order chi connectivity index (χ1) is 11.0. The minimum atomic E-state index is -1.11. The lowest BCUT2D eigenvalue weighted by molar-refractivity contribution is -0.116. The lowest BCUT2D eigenvalue weighted by Gasteiger charge is -2.10. The Morgan fingerprint density at radius 2 is 1.83 bits per heavy atom. The molecule has 4 nitrogen and oxygen atoms in total. The second-order valence-corrected chi connectivity index (χ2v) is 5.72. The standard InChI is InChI=1S/C17H16ClNO3S/c18-13-6-7-14(17(21)22)15(9-13)19-16(20)8-5-11-3-1-2-4-12(11)10-23/h1-4,6-7,9,23H,5,8,10H2,(H,19,20)(H,21,22). The number of thiol groups is 1. The fraction of sp³-hybridized carbons (Fsp3) is 0.176. The summed E-state index contributed by atoms with van der Waals surface area (Å²) >= 11 is 10.1. The zero-order valence-corrected chi connectivity index (χ0v) is 13.9. The molecule has 0 aliphatic carbocycles. The zero-order valence-electron chi connectivity index (χ0n) is 12.3. The molecule has 0 atom stereocenters. The molecule has 0 heterocycles. The van der Waals surface area contributed by atoms with Crippen molar-refractivity contribution in [1.29, 1.82) is 0 Å². The van der Waals surface area contributed by atoms with E-state index in [9.17, 15) is 9.59 Å². The predicted molar refractivity (Wildman–Crippen MR) is 94.5 cm³/mol. The predicted octanol–water partition coefficient (Wildman–Crippen LogP) is 4.04. The lowest BCUT2D eigenvalue weighted by atomic mass is 10.0. The monoisotopic (exact) mass is 349 g/mol. The molecular weight excluding hydrogens is 334 g/mol. The number of carbonyl (C=O) groups excluding carboxylic acids is 1. The van der Waals surface area contributed by atoms with Crippen molar-refractivity contribution >= 4 is 41.8 Å². The largest absolute Gasteiger partial charge is 0.478 e. The number of benzene rings is 2. The molecule has 0 fully saturated rings. The summed E-state index contributed by atoms with van der Waals surface area (Å²) in [6.45, 7) is 0. The molecule has 0 aliphatic heterocycles. The number of anilines is 1. The fourth-order valence-electron chi connectivity index (χ4n) is 2.22. The highest BCUT2D eigenvalue weighted by Gasteiger charge is 2.13. The summed E-state index contributed by atoms with van der Waals surface area (Å²) in [4.78, 5) is 23.3. The average Bonchev–Trinajstić information content (AvgIpc) is 2.53. The minimum absolute atomic E-state index is 0.0125. The normalized spacial score (nSPS) is 10.3. The van der Waals surface area contributed by atoms with Crippen LogP contribution in [0.5, 0.6) is 0 Å². The van der Waals surface area contributed by atoms with Gasteiger partial charge in [-0.25, -0.2) is 4.79 Å². The number of carbonyl (C=O) groups is 2. The van der Waals surface area contributed by atoms with Crippen molar-refractivity contribution in [2.75, 3.05) is 5.32 Å². The van der Waals surface area contributed by atoms with Crippen LogP contribution in [0.3, 0.4) is 0 Å². The molecule has 0 saturated heterocycles. The molecule has 6 heteroatoms. The van der Waals surface area contributed by atoms with Gasteiger partial charge in [-0.2, -0.15) is 12.6 Å². The van der Waals surface area contributed by atoms with Gasteiger partial charge in [0, 0.05) is 17.2 Å². The van der Waals surface area contributed by atoms with Crippen molar-refractivity contribution in [3.63, 3.8) is 0 Å². The molecule has 2 N–H and O–H groups in total.